The van der Waals surface area contributed by atoms with Gasteiger partial charge in [-0.2, -0.15) is 0 Å². The lowest BCUT2D eigenvalue weighted by atomic mass is 9.37. The molecule has 0 spiro atoms. The molecule has 1 aliphatic heterocycles. The highest BCUT2D eigenvalue weighted by atomic mass is 16.6. The minimum Gasteiger partial charge on any atom is -0.472 e. The SMILES string of the molecule is COC(=O)[C@H](OC(C)=O)[C@@H]1C(C)(C)C(=O)[C@H]2C[C@@]3(O)C4=CC(=O)O[C@H](c5ccoc5)[C@@]4(C)CCC3[C@]1(C)C2=O. The van der Waals surface area contributed by atoms with Gasteiger partial charge in [-0.3, -0.25) is 14.4 Å². The predicted octanol–water partition coefficient (Wildman–Crippen LogP) is 2.88. The van der Waals surface area contributed by atoms with E-state index in [4.69, 9.17) is 18.6 Å². The maximum absolute atomic E-state index is 14.1. The van der Waals surface area contributed by atoms with Gasteiger partial charge in [0.1, 0.15) is 17.7 Å². The number of methoxy groups -OCH3 is 1. The summed E-state index contributed by atoms with van der Waals surface area (Å²) < 4.78 is 21.4. The monoisotopic (exact) mass is 542 g/mol. The minimum absolute atomic E-state index is 0.190. The Hall–Kier alpha value is -3.27. The maximum atomic E-state index is 14.1. The average molecular weight is 543 g/mol. The molecule has 10 heteroatoms. The van der Waals surface area contributed by atoms with E-state index in [1.54, 1.807) is 26.8 Å². The lowest BCUT2D eigenvalue weighted by Crippen LogP contribution is -2.74. The number of rotatable bonds is 4. The first-order valence-corrected chi connectivity index (χ1v) is 13.2. The number of esters is 3. The van der Waals surface area contributed by atoms with Gasteiger partial charge in [0.05, 0.1) is 31.2 Å². The smallest absolute Gasteiger partial charge is 0.347 e. The van der Waals surface area contributed by atoms with E-state index in [1.807, 2.05) is 6.92 Å². The number of fused-ring (bicyclic) bond motifs is 6. The number of carbonyl (C=O) groups excluding carboxylic acids is 5. The van der Waals surface area contributed by atoms with Crippen molar-refractivity contribution in [2.45, 2.75) is 71.7 Å². The fraction of sp³-hybridized carbons (Fsp3) is 0.621. The van der Waals surface area contributed by atoms with Gasteiger partial charge in [0.25, 0.3) is 0 Å². The van der Waals surface area contributed by atoms with Crippen molar-refractivity contribution in [2.75, 3.05) is 7.11 Å². The molecule has 39 heavy (non-hydrogen) atoms. The molecule has 0 aromatic carbocycles. The number of Topliss-reactive ketones (excluding diaryl/α,β-unsaturated/α-hetero) is 2. The van der Waals surface area contributed by atoms with E-state index in [2.05, 4.69) is 0 Å². The van der Waals surface area contributed by atoms with Gasteiger partial charge in [0.15, 0.2) is 0 Å². The fourth-order valence-electron chi connectivity index (χ4n) is 8.49. The van der Waals surface area contributed by atoms with Crippen LogP contribution >= 0.6 is 0 Å². The zero-order valence-corrected chi connectivity index (χ0v) is 22.9. The Morgan fingerprint density at radius 1 is 1.13 bits per heavy atom. The van der Waals surface area contributed by atoms with Gasteiger partial charge in [-0.25, -0.2) is 9.59 Å². The summed E-state index contributed by atoms with van der Waals surface area (Å²) in [5, 5.41) is 12.6. The molecule has 0 saturated heterocycles. The van der Waals surface area contributed by atoms with E-state index in [0.29, 0.717) is 24.0 Å². The van der Waals surface area contributed by atoms with Crippen molar-refractivity contribution in [3.8, 4) is 0 Å². The summed E-state index contributed by atoms with van der Waals surface area (Å²) in [6.07, 6.45) is 2.51. The van der Waals surface area contributed by atoms with Gasteiger partial charge in [0, 0.05) is 46.6 Å². The van der Waals surface area contributed by atoms with Crippen molar-refractivity contribution < 1.29 is 47.7 Å². The van der Waals surface area contributed by atoms with Crippen molar-refractivity contribution in [1.29, 1.82) is 0 Å². The number of ketones is 2. The van der Waals surface area contributed by atoms with E-state index >= 15 is 0 Å². The lowest BCUT2D eigenvalue weighted by molar-refractivity contribution is -0.221. The highest BCUT2D eigenvalue weighted by Crippen LogP contribution is 2.69. The first-order chi connectivity index (χ1) is 18.1. The number of aliphatic hydroxyl groups is 1. The van der Waals surface area contributed by atoms with Crippen LogP contribution in [0.25, 0.3) is 0 Å². The quantitative estimate of drug-likeness (QED) is 0.342. The predicted molar refractivity (Wildman–Crippen MR) is 132 cm³/mol. The van der Waals surface area contributed by atoms with Crippen molar-refractivity contribution in [3.05, 3.63) is 35.8 Å². The molecule has 5 rings (SSSR count). The molecule has 1 aromatic rings. The van der Waals surface area contributed by atoms with Crippen LogP contribution in [0.3, 0.4) is 0 Å². The third kappa shape index (κ3) is 3.53. The molecule has 210 valence electrons. The second kappa shape index (κ2) is 8.61. The summed E-state index contributed by atoms with van der Waals surface area (Å²) in [7, 11) is 1.14. The zero-order chi connectivity index (χ0) is 28.7. The average Bonchev–Trinajstić information content (AvgIpc) is 3.39. The highest BCUT2D eigenvalue weighted by molar-refractivity contribution is 6.11. The fourth-order valence-corrected chi connectivity index (χ4v) is 8.49. The molecule has 4 aliphatic rings. The Labute approximate surface area is 226 Å². The van der Waals surface area contributed by atoms with Crippen LogP contribution in [0.15, 0.2) is 34.7 Å². The summed E-state index contributed by atoms with van der Waals surface area (Å²) in [4.78, 5) is 66.1. The number of cyclic esters (lactones) is 1. The van der Waals surface area contributed by atoms with Crippen molar-refractivity contribution in [1.82, 2.24) is 0 Å². The van der Waals surface area contributed by atoms with E-state index in [0.717, 1.165) is 14.0 Å². The van der Waals surface area contributed by atoms with Crippen LogP contribution < -0.4 is 0 Å². The number of ether oxygens (including phenoxy) is 3. The molecule has 3 aliphatic carbocycles. The van der Waals surface area contributed by atoms with Crippen molar-refractivity contribution in [2.24, 2.45) is 34.0 Å². The van der Waals surface area contributed by atoms with E-state index < -0.39 is 81.3 Å². The normalized spacial score (nSPS) is 39.5. The molecule has 0 amide bonds. The van der Waals surface area contributed by atoms with Gasteiger partial charge >= 0.3 is 17.9 Å². The summed E-state index contributed by atoms with van der Waals surface area (Å²) in [6, 6.07) is 1.70. The Morgan fingerprint density at radius 2 is 1.82 bits per heavy atom. The van der Waals surface area contributed by atoms with Crippen molar-refractivity contribution in [3.63, 3.8) is 0 Å². The molecule has 1 aromatic heterocycles. The first kappa shape index (κ1) is 27.3. The standard InChI is InChI=1S/C29H34O10/c1-14(30)38-20(25(34)36-6)21-26(2,3)22(32)16-12-29(35)17(28(21,5)23(16)33)7-9-27(4)18(29)11-19(31)39-24(27)15-8-10-37-13-15/h8,10-11,13,16-17,20-21,24,35H,7,9,12H2,1-6H3/t16-,17?,20-,21-,24-,27+,28+,29+/m1/s1. The highest BCUT2D eigenvalue weighted by Gasteiger charge is 2.75. The number of hydrogen-bond acceptors (Lipinski definition) is 10. The van der Waals surface area contributed by atoms with Gasteiger partial charge in [0.2, 0.25) is 6.10 Å². The second-order valence-electron chi connectivity index (χ2n) is 12.4. The minimum atomic E-state index is -1.75. The van der Waals surface area contributed by atoms with E-state index in [1.165, 1.54) is 18.6 Å². The molecule has 1 unspecified atom stereocenters. The molecule has 0 radical (unpaired) electrons. The molecule has 3 fully saturated rings. The third-order valence-electron chi connectivity index (χ3n) is 10.0. The molecule has 3 saturated carbocycles. The third-order valence-corrected chi connectivity index (χ3v) is 10.0. The van der Waals surface area contributed by atoms with Crippen LogP contribution in [0, 0.1) is 34.0 Å². The van der Waals surface area contributed by atoms with Crippen LogP contribution in [-0.4, -0.2) is 53.4 Å². The molecule has 8 atom stereocenters. The van der Waals surface area contributed by atoms with E-state index in [-0.39, 0.29) is 6.42 Å². The Kier molecular flexibility index (Phi) is 6.03. The summed E-state index contributed by atoms with van der Waals surface area (Å²) in [6.45, 7) is 7.96. The van der Waals surface area contributed by atoms with Gasteiger partial charge in [-0.1, -0.05) is 27.7 Å². The summed E-state index contributed by atoms with van der Waals surface area (Å²) >= 11 is 0. The first-order valence-electron chi connectivity index (χ1n) is 13.2. The Bertz CT molecular complexity index is 1290. The van der Waals surface area contributed by atoms with Gasteiger partial charge < -0.3 is 23.7 Å². The largest absolute Gasteiger partial charge is 0.472 e. The summed E-state index contributed by atoms with van der Waals surface area (Å²) in [5.74, 6) is -6.25. The van der Waals surface area contributed by atoms with Gasteiger partial charge in [-0.05, 0) is 30.9 Å². The molecular formula is C29H34O10. The molecular weight excluding hydrogens is 508 g/mol. The van der Waals surface area contributed by atoms with Crippen LogP contribution in [0.4, 0.5) is 0 Å². The van der Waals surface area contributed by atoms with E-state index in [9.17, 15) is 29.1 Å². The maximum Gasteiger partial charge on any atom is 0.347 e. The number of carbonyl (C=O) groups is 5. The molecule has 1 N–H and O–H groups in total. The number of furan rings is 1. The summed E-state index contributed by atoms with van der Waals surface area (Å²) in [5.41, 5.74) is -4.32. The topological polar surface area (TPSA) is 146 Å². The zero-order valence-electron chi connectivity index (χ0n) is 22.9. The number of hydrogen-bond donors (Lipinski definition) is 1. The Balaban J connectivity index is 1.71. The van der Waals surface area contributed by atoms with Gasteiger partial charge in [-0.15, -0.1) is 0 Å². The second-order valence-corrected chi connectivity index (χ2v) is 12.4. The Morgan fingerprint density at radius 3 is 2.41 bits per heavy atom. The molecule has 2 bridgehead atoms. The van der Waals surface area contributed by atoms with Crippen LogP contribution in [0.1, 0.15) is 65.5 Å². The van der Waals surface area contributed by atoms with Crippen LogP contribution in [0.2, 0.25) is 0 Å². The van der Waals surface area contributed by atoms with Crippen LogP contribution in [0.5, 0.6) is 0 Å². The molecule has 2 heterocycles. The lowest BCUT2D eigenvalue weighted by Gasteiger charge is -2.66. The van der Waals surface area contributed by atoms with Crippen LogP contribution in [-0.2, 0) is 38.2 Å². The van der Waals surface area contributed by atoms with Crippen molar-refractivity contribution >= 4 is 29.5 Å². The molecule has 10 nitrogen and oxygen atoms in total.